The van der Waals surface area contributed by atoms with E-state index in [4.69, 9.17) is 0 Å². The maximum Gasteiger partial charge on any atom is 0.0451 e. The van der Waals surface area contributed by atoms with Gasteiger partial charge in [-0.1, -0.05) is 44.0 Å². The van der Waals surface area contributed by atoms with Gasteiger partial charge in [0.2, 0.25) is 0 Å². The Hall–Kier alpha value is -0.710. The van der Waals surface area contributed by atoms with Crippen molar-refractivity contribution >= 4 is 31.9 Å². The molecule has 0 saturated carbocycles. The highest BCUT2D eigenvalue weighted by atomic mass is 79.9. The molecule has 1 atom stereocenters. The van der Waals surface area contributed by atoms with Crippen LogP contribution in [-0.4, -0.2) is 12.0 Å². The molecule has 2 aromatic rings. The Balaban J connectivity index is 2.28. The van der Waals surface area contributed by atoms with Crippen LogP contribution in [0.25, 0.3) is 0 Å². The molecule has 0 aliphatic rings. The standard InChI is InChI=1S/C15H16Br2N2/c1-10-4-3-7-19-14(10)9-15(18-2)12-6-5-11(16)8-13(12)17/h3-8,15,18H,9H2,1-2H3. The van der Waals surface area contributed by atoms with Crippen LogP contribution in [0.4, 0.5) is 0 Å². The fourth-order valence-electron chi connectivity index (χ4n) is 2.08. The van der Waals surface area contributed by atoms with Crippen LogP contribution in [-0.2, 0) is 6.42 Å². The predicted octanol–water partition coefficient (Wildman–Crippen LogP) is 4.42. The van der Waals surface area contributed by atoms with Crippen molar-refractivity contribution in [3.8, 4) is 0 Å². The van der Waals surface area contributed by atoms with Gasteiger partial charge in [0.1, 0.15) is 0 Å². The van der Waals surface area contributed by atoms with Crippen LogP contribution < -0.4 is 5.32 Å². The second-order valence-electron chi connectivity index (χ2n) is 4.48. The van der Waals surface area contributed by atoms with Crippen molar-refractivity contribution < 1.29 is 0 Å². The van der Waals surface area contributed by atoms with Crippen LogP contribution in [0.5, 0.6) is 0 Å². The zero-order valence-corrected chi connectivity index (χ0v) is 14.1. The van der Waals surface area contributed by atoms with E-state index in [1.54, 1.807) is 0 Å². The van der Waals surface area contributed by atoms with E-state index in [0.717, 1.165) is 21.1 Å². The van der Waals surface area contributed by atoms with E-state index < -0.39 is 0 Å². The number of aromatic nitrogens is 1. The van der Waals surface area contributed by atoms with Crippen LogP contribution in [0.15, 0.2) is 45.5 Å². The van der Waals surface area contributed by atoms with Gasteiger partial charge in [0.05, 0.1) is 0 Å². The smallest absolute Gasteiger partial charge is 0.0451 e. The average Bonchev–Trinajstić information content (AvgIpc) is 2.39. The zero-order chi connectivity index (χ0) is 13.8. The summed E-state index contributed by atoms with van der Waals surface area (Å²) in [4.78, 5) is 4.47. The van der Waals surface area contributed by atoms with Gasteiger partial charge in [0.15, 0.2) is 0 Å². The van der Waals surface area contributed by atoms with E-state index in [2.05, 4.69) is 73.3 Å². The molecular formula is C15H16Br2N2. The molecule has 0 amide bonds. The molecule has 100 valence electrons. The van der Waals surface area contributed by atoms with Crippen molar-refractivity contribution in [1.82, 2.24) is 10.3 Å². The molecule has 1 aromatic heterocycles. The maximum atomic E-state index is 4.47. The number of likely N-dealkylation sites (N-methyl/N-ethyl adjacent to an activating group) is 1. The van der Waals surface area contributed by atoms with Gasteiger partial charge in [-0.2, -0.15) is 0 Å². The van der Waals surface area contributed by atoms with E-state index in [-0.39, 0.29) is 6.04 Å². The van der Waals surface area contributed by atoms with Crippen molar-refractivity contribution in [3.63, 3.8) is 0 Å². The SMILES string of the molecule is CNC(Cc1ncccc1C)c1ccc(Br)cc1Br. The first kappa shape index (κ1) is 14.7. The number of benzene rings is 1. The minimum Gasteiger partial charge on any atom is -0.313 e. The first-order chi connectivity index (χ1) is 9.11. The highest BCUT2D eigenvalue weighted by Crippen LogP contribution is 2.28. The lowest BCUT2D eigenvalue weighted by Gasteiger charge is -2.19. The summed E-state index contributed by atoms with van der Waals surface area (Å²) in [6.07, 6.45) is 2.73. The Morgan fingerprint density at radius 3 is 2.68 bits per heavy atom. The second kappa shape index (κ2) is 6.64. The number of nitrogens with zero attached hydrogens (tertiary/aromatic N) is 1. The summed E-state index contributed by atoms with van der Waals surface area (Å²) >= 11 is 7.11. The van der Waals surface area contributed by atoms with Crippen LogP contribution in [0.1, 0.15) is 22.9 Å². The van der Waals surface area contributed by atoms with Crippen molar-refractivity contribution in [3.05, 3.63) is 62.3 Å². The molecule has 0 aliphatic carbocycles. The van der Waals surface area contributed by atoms with E-state index >= 15 is 0 Å². The Morgan fingerprint density at radius 2 is 2.05 bits per heavy atom. The number of pyridine rings is 1. The maximum absolute atomic E-state index is 4.47. The van der Waals surface area contributed by atoms with Crippen LogP contribution in [0.2, 0.25) is 0 Å². The van der Waals surface area contributed by atoms with Crippen molar-refractivity contribution in [1.29, 1.82) is 0 Å². The third kappa shape index (κ3) is 3.65. The minimum atomic E-state index is 0.246. The second-order valence-corrected chi connectivity index (χ2v) is 6.25. The zero-order valence-electron chi connectivity index (χ0n) is 11.0. The normalized spacial score (nSPS) is 12.4. The van der Waals surface area contributed by atoms with Gasteiger partial charge in [0.25, 0.3) is 0 Å². The molecule has 2 nitrogen and oxygen atoms in total. The summed E-state index contributed by atoms with van der Waals surface area (Å²) in [7, 11) is 1.98. The minimum absolute atomic E-state index is 0.246. The third-order valence-electron chi connectivity index (χ3n) is 3.20. The van der Waals surface area contributed by atoms with Crippen molar-refractivity contribution in [2.75, 3.05) is 7.05 Å². The first-order valence-electron chi connectivity index (χ1n) is 6.14. The van der Waals surface area contributed by atoms with Crippen LogP contribution in [0, 0.1) is 6.92 Å². The molecule has 0 fully saturated rings. The van der Waals surface area contributed by atoms with Gasteiger partial charge in [-0.3, -0.25) is 4.98 Å². The molecular weight excluding hydrogens is 368 g/mol. The Bertz CT molecular complexity index is 570. The summed E-state index contributed by atoms with van der Waals surface area (Å²) in [5.41, 5.74) is 3.61. The summed E-state index contributed by atoms with van der Waals surface area (Å²) in [5.74, 6) is 0. The van der Waals surface area contributed by atoms with Gasteiger partial charge in [-0.25, -0.2) is 0 Å². The Labute approximate surface area is 130 Å². The number of nitrogens with one attached hydrogen (secondary N) is 1. The monoisotopic (exact) mass is 382 g/mol. The third-order valence-corrected chi connectivity index (χ3v) is 4.38. The molecule has 0 aliphatic heterocycles. The van der Waals surface area contributed by atoms with E-state index in [1.165, 1.54) is 11.1 Å². The van der Waals surface area contributed by atoms with Crippen molar-refractivity contribution in [2.24, 2.45) is 0 Å². The molecule has 0 saturated heterocycles. The summed E-state index contributed by atoms with van der Waals surface area (Å²) in [5, 5.41) is 3.37. The number of halogens is 2. The molecule has 1 unspecified atom stereocenters. The largest absolute Gasteiger partial charge is 0.313 e. The highest BCUT2D eigenvalue weighted by molar-refractivity contribution is 9.11. The number of aryl methyl sites for hydroxylation is 1. The Kier molecular flexibility index (Phi) is 5.13. The molecule has 1 aromatic carbocycles. The van der Waals surface area contributed by atoms with E-state index in [1.807, 2.05) is 19.3 Å². The van der Waals surface area contributed by atoms with E-state index in [0.29, 0.717) is 0 Å². The number of rotatable bonds is 4. The lowest BCUT2D eigenvalue weighted by Crippen LogP contribution is -2.20. The number of hydrogen-bond acceptors (Lipinski definition) is 2. The van der Waals surface area contributed by atoms with Gasteiger partial charge in [-0.05, 0) is 43.3 Å². The molecule has 4 heteroatoms. The summed E-state index contributed by atoms with van der Waals surface area (Å²) < 4.78 is 2.18. The average molecular weight is 384 g/mol. The summed E-state index contributed by atoms with van der Waals surface area (Å²) in [6.45, 7) is 2.10. The molecule has 1 heterocycles. The predicted molar refractivity (Wildman–Crippen MR) is 86.3 cm³/mol. The lowest BCUT2D eigenvalue weighted by atomic mass is 10.00. The topological polar surface area (TPSA) is 24.9 Å². The fourth-order valence-corrected chi connectivity index (χ4v) is 3.40. The van der Waals surface area contributed by atoms with Crippen LogP contribution >= 0.6 is 31.9 Å². The number of hydrogen-bond donors (Lipinski definition) is 1. The van der Waals surface area contributed by atoms with Crippen LogP contribution in [0.3, 0.4) is 0 Å². The molecule has 0 spiro atoms. The van der Waals surface area contributed by atoms with E-state index in [9.17, 15) is 0 Å². The molecule has 0 bridgehead atoms. The van der Waals surface area contributed by atoms with Gasteiger partial charge in [0, 0.05) is 33.3 Å². The summed E-state index contributed by atoms with van der Waals surface area (Å²) in [6, 6.07) is 10.6. The molecule has 0 radical (unpaired) electrons. The molecule has 19 heavy (non-hydrogen) atoms. The van der Waals surface area contributed by atoms with Crippen molar-refractivity contribution in [2.45, 2.75) is 19.4 Å². The Morgan fingerprint density at radius 1 is 1.26 bits per heavy atom. The molecule has 2 rings (SSSR count). The van der Waals surface area contributed by atoms with Gasteiger partial charge in [-0.15, -0.1) is 0 Å². The quantitative estimate of drug-likeness (QED) is 0.845. The molecule has 1 N–H and O–H groups in total. The van der Waals surface area contributed by atoms with Gasteiger partial charge >= 0.3 is 0 Å². The fraction of sp³-hybridized carbons (Fsp3) is 0.267. The lowest BCUT2D eigenvalue weighted by molar-refractivity contribution is 0.580. The highest BCUT2D eigenvalue weighted by Gasteiger charge is 2.15. The van der Waals surface area contributed by atoms with Gasteiger partial charge < -0.3 is 5.32 Å². The first-order valence-corrected chi connectivity index (χ1v) is 7.73.